The van der Waals surface area contributed by atoms with Crippen molar-refractivity contribution in [1.29, 1.82) is 0 Å². The van der Waals surface area contributed by atoms with E-state index in [0.717, 1.165) is 0 Å². The molecule has 5 aromatic rings. The van der Waals surface area contributed by atoms with E-state index in [1.165, 1.54) is 162 Å². The lowest BCUT2D eigenvalue weighted by Gasteiger charge is -2.49. The Morgan fingerprint density at radius 2 is 0.648 bits per heavy atom. The van der Waals surface area contributed by atoms with Gasteiger partial charge in [-0.3, -0.25) is 0 Å². The average Bonchev–Trinajstić information content (AvgIpc) is 3.31. The van der Waals surface area contributed by atoms with E-state index in [9.17, 15) is 0 Å². The number of fused-ring (bicyclic) bond motifs is 8. The van der Waals surface area contributed by atoms with Crippen molar-refractivity contribution < 1.29 is 0 Å². The second-order valence-electron chi connectivity index (χ2n) is 29.9. The molecule has 2 aliphatic heterocycles. The van der Waals surface area contributed by atoms with Gasteiger partial charge in [0.15, 0.2) is 0 Å². The molecule has 1 fully saturated rings. The minimum atomic E-state index is 0.0769. The zero-order chi connectivity index (χ0) is 50.4. The van der Waals surface area contributed by atoms with Crippen molar-refractivity contribution in [3.05, 3.63) is 123 Å². The fourth-order valence-electron chi connectivity index (χ4n) is 15.8. The van der Waals surface area contributed by atoms with Crippen LogP contribution in [0.2, 0.25) is 0 Å². The fraction of sp³-hybridized carbons (Fsp3) is 0.559. The second-order valence-corrected chi connectivity index (χ2v) is 29.9. The van der Waals surface area contributed by atoms with Gasteiger partial charge < -0.3 is 9.80 Å². The van der Waals surface area contributed by atoms with Crippen LogP contribution in [-0.2, 0) is 43.3 Å². The van der Waals surface area contributed by atoms with Crippen molar-refractivity contribution in [3.63, 3.8) is 0 Å². The van der Waals surface area contributed by atoms with E-state index in [2.05, 4.69) is 193 Å². The summed E-state index contributed by atoms with van der Waals surface area (Å²) in [6.45, 7) is 40.3. The quantitative estimate of drug-likeness (QED) is 0.163. The van der Waals surface area contributed by atoms with E-state index in [1.807, 2.05) is 0 Å². The summed E-state index contributed by atoms with van der Waals surface area (Å²) in [7, 11) is 0. The van der Waals surface area contributed by atoms with Crippen molar-refractivity contribution in [2.24, 2.45) is 0 Å². The van der Waals surface area contributed by atoms with Crippen LogP contribution in [0.15, 0.2) is 72.8 Å². The number of anilines is 6. The van der Waals surface area contributed by atoms with Crippen LogP contribution in [-0.4, -0.2) is 6.71 Å². The normalized spacial score (nSPS) is 24.1. The van der Waals surface area contributed by atoms with Gasteiger partial charge in [-0.1, -0.05) is 154 Å². The molecule has 0 saturated heterocycles. The third-order valence-corrected chi connectivity index (χ3v) is 21.3. The fourth-order valence-corrected chi connectivity index (χ4v) is 15.8. The average molecular weight is 943 g/mol. The summed E-state index contributed by atoms with van der Waals surface area (Å²) in [5.41, 5.74) is 27.5. The Hall–Kier alpha value is -4.24. The maximum atomic E-state index is 2.82. The Balaban J connectivity index is 1.23. The molecule has 5 aromatic carbocycles. The maximum Gasteiger partial charge on any atom is 0.252 e. The van der Waals surface area contributed by atoms with Crippen LogP contribution in [0.3, 0.4) is 0 Å². The molecule has 2 heterocycles. The molecule has 372 valence electrons. The third kappa shape index (κ3) is 7.12. The Morgan fingerprint density at radius 3 is 1.00 bits per heavy atom. The molecule has 0 spiro atoms. The van der Waals surface area contributed by atoms with Crippen LogP contribution in [0.1, 0.15) is 250 Å². The summed E-state index contributed by atoms with van der Waals surface area (Å²) < 4.78 is 0. The van der Waals surface area contributed by atoms with Gasteiger partial charge in [-0.2, -0.15) is 0 Å². The molecule has 0 N–H and O–H groups in total. The molecular formula is C68H87BN2. The summed E-state index contributed by atoms with van der Waals surface area (Å²) in [5.74, 6) is 0.549. The van der Waals surface area contributed by atoms with Gasteiger partial charge in [-0.25, -0.2) is 0 Å². The van der Waals surface area contributed by atoms with Crippen molar-refractivity contribution in [2.75, 3.05) is 9.80 Å². The largest absolute Gasteiger partial charge is 0.311 e. The van der Waals surface area contributed by atoms with Crippen LogP contribution < -0.4 is 26.2 Å². The van der Waals surface area contributed by atoms with Gasteiger partial charge in [0.2, 0.25) is 0 Å². The molecule has 0 atom stereocenters. The number of hydrogen-bond donors (Lipinski definition) is 0. The topological polar surface area (TPSA) is 6.48 Å². The predicted molar refractivity (Wildman–Crippen MR) is 307 cm³/mol. The second kappa shape index (κ2) is 15.2. The van der Waals surface area contributed by atoms with E-state index >= 15 is 0 Å². The van der Waals surface area contributed by atoms with E-state index in [1.54, 1.807) is 22.3 Å². The van der Waals surface area contributed by atoms with Gasteiger partial charge in [0.05, 0.1) is 0 Å². The SMILES string of the molecule is CC1(C)CCC(C)(C)c2cc(N3c4cc5c(cc4B4c6cc7c(cc6N(c6ccc8c(c6)C(C)(C)CCC8(C)C)c6cc(C8CCCCC8)cc3c64)C(C)(C)CCC7(C)C)C(C)(C)CCC5(C)C)ccc21. The van der Waals surface area contributed by atoms with Crippen LogP contribution >= 0.6 is 0 Å². The van der Waals surface area contributed by atoms with Crippen molar-refractivity contribution >= 4 is 57.2 Å². The first kappa shape index (κ1) is 47.7. The first-order valence-electron chi connectivity index (χ1n) is 28.6. The molecule has 12 rings (SSSR count). The maximum absolute atomic E-state index is 2.82. The number of benzene rings is 5. The molecule has 0 unspecified atom stereocenters. The minimum absolute atomic E-state index is 0.0769. The first-order chi connectivity index (χ1) is 33.1. The number of hydrogen-bond acceptors (Lipinski definition) is 2. The smallest absolute Gasteiger partial charge is 0.252 e. The zero-order valence-corrected chi connectivity index (χ0v) is 47.2. The molecule has 2 nitrogen and oxygen atoms in total. The molecule has 0 aromatic heterocycles. The van der Waals surface area contributed by atoms with Gasteiger partial charge in [-0.05, 0) is 228 Å². The van der Waals surface area contributed by atoms with Crippen LogP contribution in [0, 0.1) is 0 Å². The highest BCUT2D eigenvalue weighted by atomic mass is 15.2. The van der Waals surface area contributed by atoms with Crippen LogP contribution in [0.5, 0.6) is 0 Å². The highest BCUT2D eigenvalue weighted by Gasteiger charge is 2.50. The summed E-state index contributed by atoms with van der Waals surface area (Å²) in [5, 5.41) is 0. The summed E-state index contributed by atoms with van der Waals surface area (Å²) in [6.07, 6.45) is 16.2. The Labute approximate surface area is 431 Å². The molecule has 5 aliphatic carbocycles. The van der Waals surface area contributed by atoms with E-state index < -0.39 is 0 Å². The number of nitrogens with zero attached hydrogens (tertiary/aromatic N) is 2. The van der Waals surface area contributed by atoms with Gasteiger partial charge >= 0.3 is 0 Å². The first-order valence-corrected chi connectivity index (χ1v) is 28.6. The van der Waals surface area contributed by atoms with Crippen LogP contribution in [0.4, 0.5) is 34.1 Å². The van der Waals surface area contributed by atoms with Crippen molar-refractivity contribution in [3.8, 4) is 0 Å². The van der Waals surface area contributed by atoms with E-state index in [-0.39, 0.29) is 50.0 Å². The molecule has 1 saturated carbocycles. The van der Waals surface area contributed by atoms with Gasteiger partial charge in [-0.15, -0.1) is 0 Å². The molecule has 0 bridgehead atoms. The lowest BCUT2D eigenvalue weighted by atomic mass is 9.32. The predicted octanol–water partition coefficient (Wildman–Crippen LogP) is 17.2. The van der Waals surface area contributed by atoms with E-state index in [4.69, 9.17) is 0 Å². The molecule has 3 heteroatoms. The van der Waals surface area contributed by atoms with E-state index in [0.29, 0.717) is 5.92 Å². The van der Waals surface area contributed by atoms with Gasteiger partial charge in [0.25, 0.3) is 6.71 Å². The molecule has 0 radical (unpaired) electrons. The summed E-state index contributed by atoms with van der Waals surface area (Å²) >= 11 is 0. The summed E-state index contributed by atoms with van der Waals surface area (Å²) in [6, 6.07) is 32.0. The van der Waals surface area contributed by atoms with Crippen molar-refractivity contribution in [2.45, 2.75) is 243 Å². The van der Waals surface area contributed by atoms with Gasteiger partial charge in [0.1, 0.15) is 0 Å². The summed E-state index contributed by atoms with van der Waals surface area (Å²) in [4.78, 5) is 5.64. The lowest BCUT2D eigenvalue weighted by molar-refractivity contribution is 0.332. The third-order valence-electron chi connectivity index (χ3n) is 21.3. The molecule has 71 heavy (non-hydrogen) atoms. The Bertz CT molecular complexity index is 2860. The standard InChI is InChI=1S/C68H87BN2/c1-61(2)26-28-63(5,6)48-36-44(22-24-46(48)61)70-56-40-52-50(65(9,10)30-32-67(52,13)14)38-54(56)69-55-39-51-53(68(15,16)33-31-66(51,11)12)41-57(55)71(45-23-25-47-49(37-45)64(7,8)29-27-62(47,3)4)59-35-43(34-58(70)60(59)69)42-20-18-17-19-21-42/h22-25,34-42H,17-21,26-33H2,1-16H3. The van der Waals surface area contributed by atoms with Gasteiger partial charge in [0, 0.05) is 34.1 Å². The highest BCUT2D eigenvalue weighted by molar-refractivity contribution is 7.00. The Morgan fingerprint density at radius 1 is 0.338 bits per heavy atom. The van der Waals surface area contributed by atoms with Crippen molar-refractivity contribution in [1.82, 2.24) is 0 Å². The zero-order valence-electron chi connectivity index (χ0n) is 47.2. The minimum Gasteiger partial charge on any atom is -0.311 e. The molecule has 7 aliphatic rings. The monoisotopic (exact) mass is 943 g/mol. The highest BCUT2D eigenvalue weighted by Crippen LogP contribution is 2.56. The number of rotatable bonds is 3. The molecule has 0 amide bonds. The molecular weight excluding hydrogens is 856 g/mol. The van der Waals surface area contributed by atoms with Crippen LogP contribution in [0.25, 0.3) is 0 Å². The Kier molecular flexibility index (Phi) is 10.2. The lowest BCUT2D eigenvalue weighted by Crippen LogP contribution is -2.62.